The quantitative estimate of drug-likeness (QED) is 0.692. The number of nitrogens with one attached hydrogen (secondary N) is 1. The van der Waals surface area contributed by atoms with E-state index < -0.39 is 0 Å². The molecule has 3 aromatic rings. The molecule has 0 radical (unpaired) electrons. The number of aromatic nitrogens is 3. The van der Waals surface area contributed by atoms with Crippen LogP contribution in [0.4, 0.5) is 5.82 Å². The number of rotatable bonds is 1. The summed E-state index contributed by atoms with van der Waals surface area (Å²) in [6.07, 6.45) is 0. The lowest BCUT2D eigenvalue weighted by Crippen LogP contribution is -1.92. The van der Waals surface area contributed by atoms with Crippen molar-refractivity contribution in [1.82, 2.24) is 15.0 Å². The summed E-state index contributed by atoms with van der Waals surface area (Å²) in [5.74, 6) is 1.13. The van der Waals surface area contributed by atoms with Gasteiger partial charge in [-0.05, 0) is 24.3 Å². The molecule has 4 nitrogen and oxygen atoms in total. The van der Waals surface area contributed by atoms with Gasteiger partial charge in [-0.15, -0.1) is 0 Å². The van der Waals surface area contributed by atoms with Crippen molar-refractivity contribution in [2.75, 3.05) is 5.73 Å². The second-order valence-electron chi connectivity index (χ2n) is 3.67. The number of halogens is 1. The molecule has 0 spiro atoms. The fourth-order valence-electron chi connectivity index (χ4n) is 1.70. The fraction of sp³-hybridized carbons (Fsp3) is 0. The lowest BCUT2D eigenvalue weighted by atomic mass is 10.3. The zero-order valence-corrected chi connectivity index (χ0v) is 9.57. The predicted octanol–water partition coefficient (Wildman–Crippen LogP) is 2.86. The molecule has 0 saturated heterocycles. The molecule has 5 heteroatoms. The molecular formula is C12H9ClN4. The Morgan fingerprint density at radius 3 is 2.65 bits per heavy atom. The van der Waals surface area contributed by atoms with E-state index in [0.717, 1.165) is 11.0 Å². The number of nitrogens with two attached hydrogens (primary N) is 1. The van der Waals surface area contributed by atoms with Crippen LogP contribution in [0.3, 0.4) is 0 Å². The van der Waals surface area contributed by atoms with Gasteiger partial charge >= 0.3 is 0 Å². The Hall–Kier alpha value is -2.07. The molecule has 0 bridgehead atoms. The van der Waals surface area contributed by atoms with Crippen LogP contribution in [0.15, 0.2) is 36.4 Å². The molecule has 84 valence electrons. The van der Waals surface area contributed by atoms with Gasteiger partial charge in [-0.25, -0.2) is 9.97 Å². The second-order valence-corrected chi connectivity index (χ2v) is 4.08. The van der Waals surface area contributed by atoms with Crippen LogP contribution in [0, 0.1) is 0 Å². The maximum absolute atomic E-state index is 6.06. The van der Waals surface area contributed by atoms with Crippen LogP contribution in [0.25, 0.3) is 22.6 Å². The van der Waals surface area contributed by atoms with E-state index in [1.165, 1.54) is 0 Å². The highest BCUT2D eigenvalue weighted by Crippen LogP contribution is 2.24. The highest BCUT2D eigenvalue weighted by atomic mass is 35.5. The summed E-state index contributed by atoms with van der Waals surface area (Å²) in [7, 11) is 0. The lowest BCUT2D eigenvalue weighted by Gasteiger charge is -1.96. The van der Waals surface area contributed by atoms with E-state index in [4.69, 9.17) is 17.3 Å². The van der Waals surface area contributed by atoms with Crippen molar-refractivity contribution in [3.05, 3.63) is 41.4 Å². The van der Waals surface area contributed by atoms with Gasteiger partial charge in [0.1, 0.15) is 17.0 Å². The van der Waals surface area contributed by atoms with Gasteiger partial charge in [-0.1, -0.05) is 23.7 Å². The largest absolute Gasteiger partial charge is 0.384 e. The van der Waals surface area contributed by atoms with Crippen LogP contribution in [-0.4, -0.2) is 15.0 Å². The number of anilines is 1. The Kier molecular flexibility index (Phi) is 2.23. The van der Waals surface area contributed by atoms with Gasteiger partial charge in [0, 0.05) is 0 Å². The summed E-state index contributed by atoms with van der Waals surface area (Å²) in [5, 5.41) is 0.619. The molecule has 0 saturated carbocycles. The SMILES string of the molecule is Nc1cccc(-c2nc3c(Cl)cccc3[nH]2)n1. The number of hydrogen-bond donors (Lipinski definition) is 2. The Morgan fingerprint density at radius 2 is 1.88 bits per heavy atom. The molecule has 0 fully saturated rings. The molecule has 17 heavy (non-hydrogen) atoms. The molecule has 3 N–H and O–H groups in total. The van der Waals surface area contributed by atoms with E-state index in [1.54, 1.807) is 12.1 Å². The fourth-order valence-corrected chi connectivity index (χ4v) is 1.92. The third kappa shape index (κ3) is 1.72. The van der Waals surface area contributed by atoms with Crippen LogP contribution >= 0.6 is 11.6 Å². The maximum atomic E-state index is 6.06. The van der Waals surface area contributed by atoms with Gasteiger partial charge in [0.25, 0.3) is 0 Å². The van der Waals surface area contributed by atoms with E-state index >= 15 is 0 Å². The molecule has 0 aliphatic rings. The van der Waals surface area contributed by atoms with Gasteiger partial charge in [0.05, 0.1) is 10.5 Å². The Balaban J connectivity index is 2.22. The van der Waals surface area contributed by atoms with E-state index in [-0.39, 0.29) is 0 Å². The van der Waals surface area contributed by atoms with Gasteiger partial charge in [0.2, 0.25) is 0 Å². The first-order valence-corrected chi connectivity index (χ1v) is 5.49. The normalized spacial score (nSPS) is 10.9. The van der Waals surface area contributed by atoms with Crippen molar-refractivity contribution in [2.24, 2.45) is 0 Å². The third-order valence-electron chi connectivity index (χ3n) is 2.48. The second kappa shape index (κ2) is 3.75. The number of benzene rings is 1. The van der Waals surface area contributed by atoms with E-state index in [2.05, 4.69) is 15.0 Å². The highest BCUT2D eigenvalue weighted by Gasteiger charge is 2.08. The zero-order chi connectivity index (χ0) is 11.8. The number of para-hydroxylation sites is 1. The third-order valence-corrected chi connectivity index (χ3v) is 2.78. The van der Waals surface area contributed by atoms with Crippen LogP contribution in [0.2, 0.25) is 5.02 Å². The Morgan fingerprint density at radius 1 is 1.06 bits per heavy atom. The van der Waals surface area contributed by atoms with Gasteiger partial charge in [-0.3, -0.25) is 0 Å². The molecule has 0 atom stereocenters. The first-order valence-electron chi connectivity index (χ1n) is 5.11. The number of fused-ring (bicyclic) bond motifs is 1. The number of nitrogens with zero attached hydrogens (tertiary/aromatic N) is 2. The molecule has 0 aliphatic carbocycles. The molecule has 3 rings (SSSR count). The number of H-pyrrole nitrogens is 1. The predicted molar refractivity (Wildman–Crippen MR) is 68.7 cm³/mol. The lowest BCUT2D eigenvalue weighted by molar-refractivity contribution is 1.24. The number of imidazole rings is 1. The maximum Gasteiger partial charge on any atom is 0.157 e. The smallest absolute Gasteiger partial charge is 0.157 e. The van der Waals surface area contributed by atoms with Crippen molar-refractivity contribution < 1.29 is 0 Å². The van der Waals surface area contributed by atoms with E-state index in [1.807, 2.05) is 24.3 Å². The van der Waals surface area contributed by atoms with Crippen molar-refractivity contribution in [2.45, 2.75) is 0 Å². The average Bonchev–Trinajstić information content (AvgIpc) is 2.74. The monoisotopic (exact) mass is 244 g/mol. The minimum absolute atomic E-state index is 0.467. The van der Waals surface area contributed by atoms with Crippen LogP contribution in [0.5, 0.6) is 0 Å². The first-order chi connectivity index (χ1) is 8.24. The number of hydrogen-bond acceptors (Lipinski definition) is 3. The topological polar surface area (TPSA) is 67.6 Å². The van der Waals surface area contributed by atoms with Crippen molar-refractivity contribution in [3.63, 3.8) is 0 Å². The van der Waals surface area contributed by atoms with Gasteiger partial charge in [-0.2, -0.15) is 0 Å². The molecule has 0 amide bonds. The van der Waals surface area contributed by atoms with Gasteiger partial charge < -0.3 is 10.7 Å². The first kappa shape index (κ1) is 10.1. The average molecular weight is 245 g/mol. The summed E-state index contributed by atoms with van der Waals surface area (Å²) in [4.78, 5) is 11.8. The van der Waals surface area contributed by atoms with E-state index in [9.17, 15) is 0 Å². The molecule has 1 aromatic carbocycles. The zero-order valence-electron chi connectivity index (χ0n) is 8.81. The minimum atomic E-state index is 0.467. The standard InChI is InChI=1S/C12H9ClN4/c13-7-3-1-4-8-11(7)17-12(16-8)9-5-2-6-10(14)15-9/h1-6H,(H2,14,15)(H,16,17). The van der Waals surface area contributed by atoms with Gasteiger partial charge in [0.15, 0.2) is 5.82 Å². The summed E-state index contributed by atoms with van der Waals surface area (Å²) >= 11 is 6.06. The summed E-state index contributed by atoms with van der Waals surface area (Å²) in [6, 6.07) is 11.0. The van der Waals surface area contributed by atoms with Crippen molar-refractivity contribution in [3.8, 4) is 11.5 Å². The Bertz CT molecular complexity index is 690. The summed E-state index contributed by atoms with van der Waals surface area (Å²) < 4.78 is 0. The number of nitrogen functional groups attached to an aromatic ring is 1. The van der Waals surface area contributed by atoms with Crippen LogP contribution in [0.1, 0.15) is 0 Å². The summed E-state index contributed by atoms with van der Waals surface area (Å²) in [6.45, 7) is 0. The van der Waals surface area contributed by atoms with Crippen molar-refractivity contribution >= 4 is 28.5 Å². The van der Waals surface area contributed by atoms with Crippen LogP contribution in [-0.2, 0) is 0 Å². The van der Waals surface area contributed by atoms with E-state index in [0.29, 0.717) is 22.4 Å². The highest BCUT2D eigenvalue weighted by molar-refractivity contribution is 6.34. The Labute approximate surface area is 102 Å². The molecule has 0 unspecified atom stereocenters. The minimum Gasteiger partial charge on any atom is -0.384 e. The number of aromatic amines is 1. The molecule has 2 heterocycles. The number of pyridine rings is 1. The molecule has 0 aliphatic heterocycles. The molecular weight excluding hydrogens is 236 g/mol. The summed E-state index contributed by atoms with van der Waals surface area (Å²) in [5.41, 5.74) is 7.98. The van der Waals surface area contributed by atoms with Crippen molar-refractivity contribution in [1.29, 1.82) is 0 Å². The van der Waals surface area contributed by atoms with Crippen LogP contribution < -0.4 is 5.73 Å². The molecule has 2 aromatic heterocycles.